The molecule has 0 bridgehead atoms. The van der Waals surface area contributed by atoms with E-state index in [2.05, 4.69) is 10.6 Å². The predicted octanol–water partition coefficient (Wildman–Crippen LogP) is 5.20. The Labute approximate surface area is 261 Å². The number of carbonyl (C=O) groups is 3. The van der Waals surface area contributed by atoms with Gasteiger partial charge in [-0.2, -0.15) is 0 Å². The Morgan fingerprint density at radius 1 is 1.00 bits per heavy atom. The zero-order valence-corrected chi connectivity index (χ0v) is 25.4. The van der Waals surface area contributed by atoms with Gasteiger partial charge >= 0.3 is 0 Å². The molecule has 0 aliphatic carbocycles. The number of hydrogen-bond acceptors (Lipinski definition) is 7. The summed E-state index contributed by atoms with van der Waals surface area (Å²) >= 11 is 0. The SMILES string of the molecule is CCO[C@@H]1OC(C(=O)NCc2ccc(C(=O)Nc3ccccc3N)cc2)=C[C@H](c2cn(C(C)=O)c3ccccc23)[C@@H]1CCCO. The lowest BCUT2D eigenvalue weighted by molar-refractivity contribution is -0.166. The molecule has 5 rings (SSSR count). The number of amides is 2. The monoisotopic (exact) mass is 610 g/mol. The van der Waals surface area contributed by atoms with Crippen molar-refractivity contribution >= 4 is 40.0 Å². The number of allylic oxidation sites excluding steroid dienone is 1. The lowest BCUT2D eigenvalue weighted by Crippen LogP contribution is -2.39. The summed E-state index contributed by atoms with van der Waals surface area (Å²) in [5.41, 5.74) is 9.85. The van der Waals surface area contributed by atoms with Gasteiger partial charge in [-0.05, 0) is 67.3 Å². The third-order valence-corrected chi connectivity index (χ3v) is 7.95. The summed E-state index contributed by atoms with van der Waals surface area (Å²) in [5, 5.41) is 16.2. The maximum atomic E-state index is 13.5. The molecule has 1 aliphatic rings. The second-order valence-electron chi connectivity index (χ2n) is 10.9. The summed E-state index contributed by atoms with van der Waals surface area (Å²) in [7, 11) is 0. The van der Waals surface area contributed by atoms with Crippen LogP contribution in [-0.2, 0) is 20.8 Å². The van der Waals surface area contributed by atoms with Gasteiger partial charge < -0.3 is 30.9 Å². The number of rotatable bonds is 11. The minimum atomic E-state index is -0.729. The zero-order chi connectivity index (χ0) is 31.9. The molecule has 10 heteroatoms. The zero-order valence-electron chi connectivity index (χ0n) is 25.4. The van der Waals surface area contributed by atoms with Crippen LogP contribution in [0.3, 0.4) is 0 Å². The molecule has 0 fully saturated rings. The van der Waals surface area contributed by atoms with Gasteiger partial charge in [0.25, 0.3) is 11.8 Å². The highest BCUT2D eigenvalue weighted by Gasteiger charge is 2.39. The third kappa shape index (κ3) is 7.08. The Morgan fingerprint density at radius 2 is 1.73 bits per heavy atom. The van der Waals surface area contributed by atoms with Crippen LogP contribution in [0, 0.1) is 5.92 Å². The van der Waals surface area contributed by atoms with Crippen molar-refractivity contribution in [3.8, 4) is 0 Å². The largest absolute Gasteiger partial charge is 0.459 e. The van der Waals surface area contributed by atoms with Gasteiger partial charge in [0.15, 0.2) is 5.76 Å². The van der Waals surface area contributed by atoms with Crippen LogP contribution in [0.4, 0.5) is 11.4 Å². The van der Waals surface area contributed by atoms with E-state index < -0.39 is 12.2 Å². The number of nitrogens with two attached hydrogens (primary N) is 1. The molecule has 0 unspecified atom stereocenters. The van der Waals surface area contributed by atoms with Crippen LogP contribution < -0.4 is 16.4 Å². The molecule has 3 atom stereocenters. The summed E-state index contributed by atoms with van der Waals surface area (Å²) in [6.07, 6.45) is 4.01. The number of aliphatic hydroxyl groups is 1. The molecule has 0 saturated carbocycles. The van der Waals surface area contributed by atoms with E-state index in [4.69, 9.17) is 15.2 Å². The molecule has 1 aliphatic heterocycles. The highest BCUT2D eigenvalue weighted by molar-refractivity contribution is 6.05. The second kappa shape index (κ2) is 14.2. The number of aliphatic hydroxyl groups excluding tert-OH is 1. The van der Waals surface area contributed by atoms with Crippen LogP contribution >= 0.6 is 0 Å². The van der Waals surface area contributed by atoms with E-state index in [1.54, 1.807) is 59.2 Å². The van der Waals surface area contributed by atoms with E-state index >= 15 is 0 Å². The van der Waals surface area contributed by atoms with Crippen molar-refractivity contribution in [2.24, 2.45) is 5.92 Å². The van der Waals surface area contributed by atoms with Crippen molar-refractivity contribution in [3.63, 3.8) is 0 Å². The molecule has 2 heterocycles. The van der Waals surface area contributed by atoms with E-state index in [1.165, 1.54) is 6.92 Å². The van der Waals surface area contributed by atoms with Crippen molar-refractivity contribution in [2.75, 3.05) is 24.3 Å². The van der Waals surface area contributed by atoms with Crippen LogP contribution in [0.2, 0.25) is 0 Å². The molecule has 2 amide bonds. The molecular formula is C35H38N4O6. The fraction of sp³-hybridized carbons (Fsp3) is 0.286. The number of ether oxygens (including phenoxy) is 2. The van der Waals surface area contributed by atoms with Crippen molar-refractivity contribution in [1.82, 2.24) is 9.88 Å². The van der Waals surface area contributed by atoms with Crippen LogP contribution in [-0.4, -0.2) is 46.9 Å². The number of fused-ring (bicyclic) bond motifs is 1. The highest BCUT2D eigenvalue weighted by Crippen LogP contribution is 2.42. The summed E-state index contributed by atoms with van der Waals surface area (Å²) in [4.78, 5) is 38.7. The van der Waals surface area contributed by atoms with Crippen LogP contribution in [0.15, 0.2) is 90.8 Å². The fourth-order valence-electron chi connectivity index (χ4n) is 5.70. The third-order valence-electron chi connectivity index (χ3n) is 7.95. The fourth-order valence-corrected chi connectivity index (χ4v) is 5.70. The molecule has 5 N–H and O–H groups in total. The Morgan fingerprint density at radius 3 is 2.44 bits per heavy atom. The topological polar surface area (TPSA) is 145 Å². The van der Waals surface area contributed by atoms with E-state index in [1.807, 2.05) is 37.4 Å². The summed E-state index contributed by atoms with van der Waals surface area (Å²) in [5.74, 6) is -1.22. The number of hydrogen-bond donors (Lipinski definition) is 4. The summed E-state index contributed by atoms with van der Waals surface area (Å²) < 4.78 is 13.7. The second-order valence-corrected chi connectivity index (χ2v) is 10.9. The average Bonchev–Trinajstić information content (AvgIpc) is 3.44. The minimum absolute atomic E-state index is 0.00902. The number of para-hydroxylation sites is 3. The van der Waals surface area contributed by atoms with E-state index in [0.717, 1.165) is 22.0 Å². The quantitative estimate of drug-likeness (QED) is 0.171. The maximum absolute atomic E-state index is 13.5. The van der Waals surface area contributed by atoms with Crippen LogP contribution in [0.5, 0.6) is 0 Å². The smallest absolute Gasteiger partial charge is 0.286 e. The number of nitrogens with zero attached hydrogens (tertiary/aromatic N) is 1. The Hall–Kier alpha value is -4.93. The van der Waals surface area contributed by atoms with Crippen molar-refractivity contribution < 1.29 is 29.0 Å². The molecule has 234 valence electrons. The molecule has 0 spiro atoms. The van der Waals surface area contributed by atoms with Gasteiger partial charge in [-0.3, -0.25) is 19.0 Å². The van der Waals surface area contributed by atoms with Gasteiger partial charge in [0.05, 0.1) is 16.9 Å². The molecular weight excluding hydrogens is 572 g/mol. The van der Waals surface area contributed by atoms with Crippen LogP contribution in [0.25, 0.3) is 10.9 Å². The Kier molecular flexibility index (Phi) is 9.96. The lowest BCUT2D eigenvalue weighted by Gasteiger charge is -2.36. The number of nitrogen functional groups attached to an aromatic ring is 1. The molecule has 10 nitrogen and oxygen atoms in total. The number of anilines is 2. The summed E-state index contributed by atoms with van der Waals surface area (Å²) in [6, 6.07) is 21.6. The highest BCUT2D eigenvalue weighted by atomic mass is 16.7. The van der Waals surface area contributed by atoms with Crippen molar-refractivity contribution in [3.05, 3.63) is 108 Å². The van der Waals surface area contributed by atoms with E-state index in [-0.39, 0.29) is 42.6 Å². The number of nitrogens with one attached hydrogen (secondary N) is 2. The standard InChI is InChI=1S/C35H38N4O6/c1-3-44-35-26(10-8-18-40)27(28-21-39(22(2)41)31-13-7-4-9-25(28)31)19-32(45-35)34(43)37-20-23-14-16-24(17-15-23)33(42)38-30-12-6-5-11-29(30)36/h4-7,9,11-17,19,21,26-27,35,40H,3,8,10,18,20,36H2,1-2H3,(H,37,43)(H,38,42)/t26-,27-,35+/m0/s1. The Balaban J connectivity index is 1.36. The molecule has 0 saturated heterocycles. The number of aromatic nitrogens is 1. The lowest BCUT2D eigenvalue weighted by atomic mass is 9.80. The van der Waals surface area contributed by atoms with E-state index in [9.17, 15) is 19.5 Å². The van der Waals surface area contributed by atoms with Gasteiger partial charge in [-0.25, -0.2) is 0 Å². The minimum Gasteiger partial charge on any atom is -0.459 e. The van der Waals surface area contributed by atoms with Gasteiger partial charge in [-0.15, -0.1) is 0 Å². The average molecular weight is 611 g/mol. The van der Waals surface area contributed by atoms with Gasteiger partial charge in [-0.1, -0.05) is 42.5 Å². The predicted molar refractivity (Wildman–Crippen MR) is 172 cm³/mol. The molecule has 1 aromatic heterocycles. The first-order chi connectivity index (χ1) is 21.8. The number of carbonyl (C=O) groups excluding carboxylic acids is 3. The first-order valence-electron chi connectivity index (χ1n) is 15.1. The Bertz CT molecular complexity index is 1710. The van der Waals surface area contributed by atoms with Gasteiger partial charge in [0, 0.05) is 55.7 Å². The number of benzene rings is 3. The molecule has 4 aromatic rings. The normalized spacial score (nSPS) is 17.8. The first kappa shape index (κ1) is 31.5. The van der Waals surface area contributed by atoms with Crippen molar-refractivity contribution in [2.45, 2.75) is 45.4 Å². The van der Waals surface area contributed by atoms with Crippen molar-refractivity contribution in [1.29, 1.82) is 0 Å². The van der Waals surface area contributed by atoms with Gasteiger partial charge in [0.1, 0.15) is 0 Å². The van der Waals surface area contributed by atoms with Gasteiger partial charge in [0.2, 0.25) is 12.2 Å². The van der Waals surface area contributed by atoms with E-state index in [0.29, 0.717) is 36.4 Å². The first-order valence-corrected chi connectivity index (χ1v) is 15.1. The summed E-state index contributed by atoms with van der Waals surface area (Å²) in [6.45, 7) is 3.96. The maximum Gasteiger partial charge on any atom is 0.286 e. The molecule has 0 radical (unpaired) electrons. The molecule has 45 heavy (non-hydrogen) atoms. The molecule has 3 aromatic carbocycles. The van der Waals surface area contributed by atoms with Crippen LogP contribution in [0.1, 0.15) is 58.9 Å².